The topological polar surface area (TPSA) is 50.7 Å². The third kappa shape index (κ3) is 3.26. The minimum absolute atomic E-state index is 0.143. The number of rotatable bonds is 6. The number of aryl methyl sites for hydroxylation is 2. The summed E-state index contributed by atoms with van der Waals surface area (Å²) in [7, 11) is 0. The van der Waals surface area contributed by atoms with Crippen LogP contribution in [0.5, 0.6) is 0 Å². The zero-order valence-electron chi connectivity index (χ0n) is 13.4. The van der Waals surface area contributed by atoms with Gasteiger partial charge in [-0.15, -0.1) is 0 Å². The van der Waals surface area contributed by atoms with Gasteiger partial charge in [0.05, 0.1) is 5.69 Å². The number of aromatic amines is 1. The summed E-state index contributed by atoms with van der Waals surface area (Å²) >= 11 is 0. The lowest BCUT2D eigenvalue weighted by Crippen LogP contribution is -2.19. The SMILES string of the molecule is CCCC(CCC)c1n[nH]c(=O)n1-c1cc(C)ccc1C. The van der Waals surface area contributed by atoms with Crippen LogP contribution >= 0.6 is 0 Å². The molecule has 114 valence electrons. The number of H-pyrrole nitrogens is 1. The summed E-state index contributed by atoms with van der Waals surface area (Å²) in [6.45, 7) is 8.43. The van der Waals surface area contributed by atoms with E-state index >= 15 is 0 Å². The van der Waals surface area contributed by atoms with Gasteiger partial charge in [-0.2, -0.15) is 5.10 Å². The van der Waals surface area contributed by atoms with E-state index in [1.807, 2.05) is 13.8 Å². The van der Waals surface area contributed by atoms with Crippen molar-refractivity contribution < 1.29 is 0 Å². The molecular formula is C17H25N3O. The highest BCUT2D eigenvalue weighted by Gasteiger charge is 2.20. The maximum absolute atomic E-state index is 12.3. The van der Waals surface area contributed by atoms with Gasteiger partial charge in [0.15, 0.2) is 0 Å². The maximum Gasteiger partial charge on any atom is 0.347 e. The quantitative estimate of drug-likeness (QED) is 0.877. The van der Waals surface area contributed by atoms with Gasteiger partial charge in [0.25, 0.3) is 0 Å². The van der Waals surface area contributed by atoms with Crippen LogP contribution in [0.2, 0.25) is 0 Å². The van der Waals surface area contributed by atoms with E-state index in [1.165, 1.54) is 0 Å². The van der Waals surface area contributed by atoms with E-state index in [0.717, 1.165) is 48.3 Å². The molecule has 0 unspecified atom stereocenters. The van der Waals surface area contributed by atoms with Crippen molar-refractivity contribution in [3.8, 4) is 5.69 Å². The highest BCUT2D eigenvalue weighted by Crippen LogP contribution is 2.26. The molecule has 0 aliphatic carbocycles. The van der Waals surface area contributed by atoms with Crippen LogP contribution in [-0.4, -0.2) is 14.8 Å². The predicted octanol–water partition coefficient (Wildman–Crippen LogP) is 3.86. The molecule has 0 fully saturated rings. The van der Waals surface area contributed by atoms with E-state index in [0.29, 0.717) is 5.92 Å². The number of aromatic nitrogens is 3. The summed E-state index contributed by atoms with van der Waals surface area (Å²) in [6.07, 6.45) is 4.31. The fraction of sp³-hybridized carbons (Fsp3) is 0.529. The van der Waals surface area contributed by atoms with E-state index in [1.54, 1.807) is 4.57 Å². The largest absolute Gasteiger partial charge is 0.347 e. The molecule has 1 heterocycles. The number of nitrogens with one attached hydrogen (secondary N) is 1. The minimum Gasteiger partial charge on any atom is -0.247 e. The fourth-order valence-electron chi connectivity index (χ4n) is 2.88. The molecular weight excluding hydrogens is 262 g/mol. The second kappa shape index (κ2) is 6.74. The van der Waals surface area contributed by atoms with Crippen molar-refractivity contribution >= 4 is 0 Å². The summed E-state index contributed by atoms with van der Waals surface area (Å²) in [5.74, 6) is 1.20. The van der Waals surface area contributed by atoms with Gasteiger partial charge in [-0.3, -0.25) is 0 Å². The molecule has 21 heavy (non-hydrogen) atoms. The van der Waals surface area contributed by atoms with E-state index in [-0.39, 0.29) is 5.69 Å². The van der Waals surface area contributed by atoms with Crippen molar-refractivity contribution in [1.82, 2.24) is 14.8 Å². The van der Waals surface area contributed by atoms with Gasteiger partial charge < -0.3 is 0 Å². The third-order valence-electron chi connectivity index (χ3n) is 3.94. The van der Waals surface area contributed by atoms with E-state index in [4.69, 9.17) is 0 Å². The lowest BCUT2D eigenvalue weighted by molar-refractivity contribution is 0.524. The van der Waals surface area contributed by atoms with Crippen molar-refractivity contribution in [2.75, 3.05) is 0 Å². The first-order chi connectivity index (χ1) is 10.1. The Morgan fingerprint density at radius 1 is 1.19 bits per heavy atom. The standard InChI is InChI=1S/C17H25N3O/c1-5-7-14(8-6-2)16-18-19-17(21)20(16)15-11-12(3)9-10-13(15)4/h9-11,14H,5-8H2,1-4H3,(H,19,21). The zero-order valence-corrected chi connectivity index (χ0v) is 13.4. The number of benzene rings is 1. The van der Waals surface area contributed by atoms with Gasteiger partial charge in [0.2, 0.25) is 0 Å². The number of hydrogen-bond donors (Lipinski definition) is 1. The monoisotopic (exact) mass is 287 g/mol. The first-order valence-electron chi connectivity index (χ1n) is 7.83. The van der Waals surface area contributed by atoms with Crippen LogP contribution in [0.3, 0.4) is 0 Å². The molecule has 4 heteroatoms. The lowest BCUT2D eigenvalue weighted by atomic mass is 9.97. The first-order valence-corrected chi connectivity index (χ1v) is 7.83. The Balaban J connectivity index is 2.56. The summed E-state index contributed by atoms with van der Waals surface area (Å²) in [5.41, 5.74) is 3.05. The van der Waals surface area contributed by atoms with Crippen LogP contribution in [-0.2, 0) is 0 Å². The average molecular weight is 287 g/mol. The second-order valence-corrected chi connectivity index (χ2v) is 5.79. The Bertz CT molecular complexity index is 648. The van der Waals surface area contributed by atoms with Crippen LogP contribution in [0.4, 0.5) is 0 Å². The molecule has 0 radical (unpaired) electrons. The van der Waals surface area contributed by atoms with Crippen molar-refractivity contribution in [2.45, 2.75) is 59.3 Å². The van der Waals surface area contributed by atoms with Crippen molar-refractivity contribution in [3.05, 3.63) is 45.6 Å². The molecule has 0 aliphatic rings. The molecule has 4 nitrogen and oxygen atoms in total. The minimum atomic E-state index is -0.143. The molecule has 0 aliphatic heterocycles. The number of hydrogen-bond acceptors (Lipinski definition) is 2. The number of nitrogens with zero attached hydrogens (tertiary/aromatic N) is 2. The van der Waals surface area contributed by atoms with Gasteiger partial charge in [0, 0.05) is 5.92 Å². The molecule has 0 bridgehead atoms. The van der Waals surface area contributed by atoms with Crippen LogP contribution < -0.4 is 5.69 Å². The van der Waals surface area contributed by atoms with Crippen LogP contribution in [0.1, 0.15) is 62.4 Å². The Morgan fingerprint density at radius 3 is 2.48 bits per heavy atom. The Kier molecular flexibility index (Phi) is 4.99. The molecule has 0 amide bonds. The van der Waals surface area contributed by atoms with Crippen LogP contribution in [0.25, 0.3) is 5.69 Å². The summed E-state index contributed by atoms with van der Waals surface area (Å²) < 4.78 is 1.76. The summed E-state index contributed by atoms with van der Waals surface area (Å²) in [4.78, 5) is 12.3. The van der Waals surface area contributed by atoms with E-state index < -0.39 is 0 Å². The van der Waals surface area contributed by atoms with Gasteiger partial charge in [-0.1, -0.05) is 38.8 Å². The fourth-order valence-corrected chi connectivity index (χ4v) is 2.88. The molecule has 0 spiro atoms. The molecule has 2 aromatic rings. The van der Waals surface area contributed by atoms with Crippen molar-refractivity contribution in [3.63, 3.8) is 0 Å². The average Bonchev–Trinajstić information content (AvgIpc) is 2.83. The Labute approximate surface area is 126 Å². The smallest absolute Gasteiger partial charge is 0.247 e. The van der Waals surface area contributed by atoms with Crippen molar-refractivity contribution in [2.24, 2.45) is 0 Å². The van der Waals surface area contributed by atoms with Crippen LogP contribution in [0, 0.1) is 13.8 Å². The Hall–Kier alpha value is -1.84. The predicted molar refractivity (Wildman–Crippen MR) is 86.2 cm³/mol. The molecule has 2 rings (SSSR count). The summed E-state index contributed by atoms with van der Waals surface area (Å²) in [5, 5.41) is 6.96. The lowest BCUT2D eigenvalue weighted by Gasteiger charge is -2.17. The van der Waals surface area contributed by atoms with Gasteiger partial charge >= 0.3 is 5.69 Å². The molecule has 1 aromatic heterocycles. The van der Waals surface area contributed by atoms with Gasteiger partial charge in [-0.05, 0) is 43.9 Å². The summed E-state index contributed by atoms with van der Waals surface area (Å²) in [6, 6.07) is 6.19. The first kappa shape index (κ1) is 15.5. The molecule has 0 saturated heterocycles. The highest BCUT2D eigenvalue weighted by atomic mass is 16.1. The van der Waals surface area contributed by atoms with E-state index in [2.05, 4.69) is 42.2 Å². The second-order valence-electron chi connectivity index (χ2n) is 5.79. The zero-order chi connectivity index (χ0) is 15.4. The van der Waals surface area contributed by atoms with E-state index in [9.17, 15) is 4.79 Å². The maximum atomic E-state index is 12.3. The third-order valence-corrected chi connectivity index (χ3v) is 3.94. The molecule has 0 atom stereocenters. The van der Waals surface area contributed by atoms with Crippen molar-refractivity contribution in [1.29, 1.82) is 0 Å². The molecule has 1 N–H and O–H groups in total. The van der Waals surface area contributed by atoms with Gasteiger partial charge in [-0.25, -0.2) is 14.5 Å². The molecule has 0 saturated carbocycles. The van der Waals surface area contributed by atoms with Gasteiger partial charge in [0.1, 0.15) is 5.82 Å². The highest BCUT2D eigenvalue weighted by molar-refractivity contribution is 5.43. The molecule has 1 aromatic carbocycles. The Morgan fingerprint density at radius 2 is 1.86 bits per heavy atom. The van der Waals surface area contributed by atoms with Crippen LogP contribution in [0.15, 0.2) is 23.0 Å². The normalized spacial score (nSPS) is 11.3.